The van der Waals surface area contributed by atoms with E-state index < -0.39 is 6.04 Å². The molecule has 0 aliphatic rings. The zero-order valence-electron chi connectivity index (χ0n) is 9.99. The van der Waals surface area contributed by atoms with Crippen molar-refractivity contribution in [3.8, 4) is 12.3 Å². The predicted molar refractivity (Wildman–Crippen MR) is 63.1 cm³/mol. The van der Waals surface area contributed by atoms with Gasteiger partial charge in [0, 0.05) is 6.54 Å². The van der Waals surface area contributed by atoms with Crippen molar-refractivity contribution >= 4 is 5.91 Å². The molecular weight excluding hydrogens is 188 g/mol. The van der Waals surface area contributed by atoms with Crippen LogP contribution in [0.2, 0.25) is 0 Å². The number of hydrogen-bond acceptors (Lipinski definition) is 2. The number of terminal acetylenes is 1. The van der Waals surface area contributed by atoms with Crippen LogP contribution in [0, 0.1) is 18.3 Å². The van der Waals surface area contributed by atoms with Crippen LogP contribution in [0.15, 0.2) is 0 Å². The Bertz CT molecular complexity index is 230. The van der Waals surface area contributed by atoms with Crippen LogP contribution >= 0.6 is 0 Å². The van der Waals surface area contributed by atoms with Crippen LogP contribution in [0.25, 0.3) is 0 Å². The van der Waals surface area contributed by atoms with Crippen LogP contribution in [0.3, 0.4) is 0 Å². The molecule has 2 N–H and O–H groups in total. The number of carbonyl (C=O) groups excluding carboxylic acids is 1. The Labute approximate surface area is 93.0 Å². The monoisotopic (exact) mass is 210 g/mol. The lowest BCUT2D eigenvalue weighted by Crippen LogP contribution is -2.44. The van der Waals surface area contributed by atoms with E-state index in [1.807, 2.05) is 6.92 Å². The van der Waals surface area contributed by atoms with Crippen LogP contribution in [0.5, 0.6) is 0 Å². The van der Waals surface area contributed by atoms with Gasteiger partial charge < -0.3 is 10.6 Å². The predicted octanol–water partition coefficient (Wildman–Crippen LogP) is 1.23. The van der Waals surface area contributed by atoms with Gasteiger partial charge in [-0.3, -0.25) is 4.79 Å². The van der Waals surface area contributed by atoms with Gasteiger partial charge in [-0.25, -0.2) is 0 Å². The van der Waals surface area contributed by atoms with Crippen molar-refractivity contribution in [2.24, 2.45) is 11.7 Å². The molecule has 0 aromatic rings. The molecule has 0 saturated heterocycles. The number of rotatable bonds is 6. The van der Waals surface area contributed by atoms with Gasteiger partial charge in [0.25, 0.3) is 0 Å². The van der Waals surface area contributed by atoms with E-state index >= 15 is 0 Å². The summed E-state index contributed by atoms with van der Waals surface area (Å²) in [6.07, 6.45) is 6.83. The van der Waals surface area contributed by atoms with Crippen molar-refractivity contribution in [2.45, 2.75) is 39.7 Å². The number of nitrogens with zero attached hydrogens (tertiary/aromatic N) is 1. The zero-order valence-corrected chi connectivity index (χ0v) is 9.99. The van der Waals surface area contributed by atoms with Crippen LogP contribution in [0.4, 0.5) is 0 Å². The molecule has 0 unspecified atom stereocenters. The summed E-state index contributed by atoms with van der Waals surface area (Å²) in [6.45, 7) is 7.18. The minimum absolute atomic E-state index is 0.0245. The Morgan fingerprint density at radius 1 is 1.53 bits per heavy atom. The highest BCUT2D eigenvalue weighted by Crippen LogP contribution is 2.06. The van der Waals surface area contributed by atoms with Crippen molar-refractivity contribution in [3.05, 3.63) is 0 Å². The Morgan fingerprint density at radius 2 is 2.13 bits per heavy atom. The Balaban J connectivity index is 4.29. The van der Waals surface area contributed by atoms with E-state index in [0.717, 1.165) is 6.42 Å². The van der Waals surface area contributed by atoms with Crippen LogP contribution in [0.1, 0.15) is 33.6 Å². The summed E-state index contributed by atoms with van der Waals surface area (Å²) in [4.78, 5) is 13.5. The van der Waals surface area contributed by atoms with Gasteiger partial charge >= 0.3 is 0 Å². The highest BCUT2D eigenvalue weighted by atomic mass is 16.2. The summed E-state index contributed by atoms with van der Waals surface area (Å²) < 4.78 is 0. The normalized spacial score (nSPS) is 12.3. The second-order valence-corrected chi connectivity index (χ2v) is 4.20. The maximum absolute atomic E-state index is 11.9. The highest BCUT2D eigenvalue weighted by molar-refractivity contribution is 5.81. The summed E-state index contributed by atoms with van der Waals surface area (Å²) >= 11 is 0. The van der Waals surface area contributed by atoms with Crippen molar-refractivity contribution in [1.82, 2.24) is 4.90 Å². The molecule has 0 aliphatic carbocycles. The first-order chi connectivity index (χ1) is 7.02. The molecule has 0 aromatic heterocycles. The van der Waals surface area contributed by atoms with Crippen molar-refractivity contribution < 1.29 is 4.79 Å². The lowest BCUT2D eigenvalue weighted by Gasteiger charge is -2.24. The van der Waals surface area contributed by atoms with Gasteiger partial charge in [-0.15, -0.1) is 6.42 Å². The number of carbonyl (C=O) groups is 1. The van der Waals surface area contributed by atoms with Gasteiger partial charge in [-0.1, -0.05) is 26.7 Å². The van der Waals surface area contributed by atoms with Crippen LogP contribution < -0.4 is 5.73 Å². The minimum Gasteiger partial charge on any atom is -0.330 e. The molecule has 0 heterocycles. The number of amides is 1. The zero-order chi connectivity index (χ0) is 11.8. The van der Waals surface area contributed by atoms with E-state index in [1.165, 1.54) is 0 Å². The quantitative estimate of drug-likeness (QED) is 0.670. The van der Waals surface area contributed by atoms with Gasteiger partial charge in [0.1, 0.15) is 0 Å². The SMILES string of the molecule is C#CCN(CCC)C(=O)[C@@H](N)CC(C)C. The maximum atomic E-state index is 11.9. The van der Waals surface area contributed by atoms with E-state index in [4.69, 9.17) is 12.2 Å². The number of hydrogen-bond donors (Lipinski definition) is 1. The summed E-state index contributed by atoms with van der Waals surface area (Å²) in [5.74, 6) is 2.90. The molecule has 0 spiro atoms. The molecule has 3 heteroatoms. The van der Waals surface area contributed by atoms with Gasteiger partial charge in [0.2, 0.25) is 5.91 Å². The second-order valence-electron chi connectivity index (χ2n) is 4.20. The maximum Gasteiger partial charge on any atom is 0.240 e. The molecule has 1 amide bonds. The Kier molecular flexibility index (Phi) is 6.81. The second kappa shape index (κ2) is 7.30. The van der Waals surface area contributed by atoms with Crippen molar-refractivity contribution in [1.29, 1.82) is 0 Å². The fourth-order valence-corrected chi connectivity index (χ4v) is 1.49. The summed E-state index contributed by atoms with van der Waals surface area (Å²) in [7, 11) is 0. The lowest BCUT2D eigenvalue weighted by molar-refractivity contribution is -0.132. The molecule has 0 aromatic carbocycles. The molecular formula is C12H22N2O. The molecule has 0 saturated carbocycles. The smallest absolute Gasteiger partial charge is 0.240 e. The highest BCUT2D eigenvalue weighted by Gasteiger charge is 2.20. The molecule has 0 fully saturated rings. The molecule has 3 nitrogen and oxygen atoms in total. The Morgan fingerprint density at radius 3 is 2.53 bits per heavy atom. The minimum atomic E-state index is -0.412. The first-order valence-corrected chi connectivity index (χ1v) is 5.50. The fraction of sp³-hybridized carbons (Fsp3) is 0.750. The molecule has 86 valence electrons. The van der Waals surface area contributed by atoms with Gasteiger partial charge in [0.05, 0.1) is 12.6 Å². The van der Waals surface area contributed by atoms with Gasteiger partial charge in [-0.2, -0.15) is 0 Å². The van der Waals surface area contributed by atoms with E-state index in [9.17, 15) is 4.79 Å². The molecule has 0 radical (unpaired) electrons. The van der Waals surface area contributed by atoms with E-state index in [1.54, 1.807) is 4.90 Å². The number of nitrogens with two attached hydrogens (primary N) is 1. The van der Waals surface area contributed by atoms with Gasteiger partial charge in [0.15, 0.2) is 0 Å². The summed E-state index contributed by atoms with van der Waals surface area (Å²) in [5.41, 5.74) is 5.82. The first kappa shape index (κ1) is 14.0. The van der Waals surface area contributed by atoms with Crippen LogP contribution in [-0.2, 0) is 4.79 Å². The molecule has 0 aliphatic heterocycles. The Hall–Kier alpha value is -1.01. The molecule has 0 rings (SSSR count). The van der Waals surface area contributed by atoms with E-state index in [-0.39, 0.29) is 5.91 Å². The van der Waals surface area contributed by atoms with E-state index in [0.29, 0.717) is 25.4 Å². The molecule has 15 heavy (non-hydrogen) atoms. The third kappa shape index (κ3) is 5.44. The third-order valence-corrected chi connectivity index (χ3v) is 2.13. The third-order valence-electron chi connectivity index (χ3n) is 2.13. The van der Waals surface area contributed by atoms with Crippen molar-refractivity contribution in [2.75, 3.05) is 13.1 Å². The van der Waals surface area contributed by atoms with Crippen molar-refractivity contribution in [3.63, 3.8) is 0 Å². The first-order valence-electron chi connectivity index (χ1n) is 5.50. The summed E-state index contributed by atoms with van der Waals surface area (Å²) in [6, 6.07) is -0.412. The average Bonchev–Trinajstić information content (AvgIpc) is 2.15. The van der Waals surface area contributed by atoms with Crippen LogP contribution in [-0.4, -0.2) is 29.9 Å². The fourth-order valence-electron chi connectivity index (χ4n) is 1.49. The van der Waals surface area contributed by atoms with E-state index in [2.05, 4.69) is 19.8 Å². The molecule has 0 bridgehead atoms. The summed E-state index contributed by atoms with van der Waals surface area (Å²) in [5, 5.41) is 0. The average molecular weight is 210 g/mol. The lowest BCUT2D eigenvalue weighted by atomic mass is 10.0. The molecule has 1 atom stereocenters. The topological polar surface area (TPSA) is 46.3 Å². The standard InChI is InChI=1S/C12H22N2O/c1-5-7-14(8-6-2)12(15)11(13)9-10(3)4/h1,10-11H,6-9,13H2,2-4H3/t11-/m0/s1. The van der Waals surface area contributed by atoms with Gasteiger partial charge in [-0.05, 0) is 18.8 Å². The largest absolute Gasteiger partial charge is 0.330 e.